The molecule has 6 heteroatoms. The molecule has 2 aromatic heterocycles. The van der Waals surface area contributed by atoms with Crippen molar-refractivity contribution in [2.75, 3.05) is 6.61 Å². The van der Waals surface area contributed by atoms with Crippen LogP contribution in [0.3, 0.4) is 0 Å². The number of aryl methyl sites for hydroxylation is 1. The molecule has 0 unspecified atom stereocenters. The van der Waals surface area contributed by atoms with Crippen LogP contribution in [-0.2, 0) is 9.53 Å². The minimum Gasteiger partial charge on any atom is -0.464 e. The highest BCUT2D eigenvalue weighted by atomic mass is 16.5. The van der Waals surface area contributed by atoms with Crippen molar-refractivity contribution in [3.05, 3.63) is 46.4 Å². The average Bonchev–Trinajstić information content (AvgIpc) is 2.82. The summed E-state index contributed by atoms with van der Waals surface area (Å²) in [4.78, 5) is 28.0. The fourth-order valence-electron chi connectivity index (χ4n) is 2.75. The number of carbonyl (C=O) groups is 1. The van der Waals surface area contributed by atoms with E-state index in [0.29, 0.717) is 12.3 Å². The Bertz CT molecular complexity index is 923. The Balaban J connectivity index is 2.40. The fraction of sp³-hybridized carbons (Fsp3) is 0.312. The molecule has 0 N–H and O–H groups in total. The third-order valence-corrected chi connectivity index (χ3v) is 3.68. The van der Waals surface area contributed by atoms with Crippen LogP contribution in [0, 0.1) is 6.92 Å². The molecule has 1 atom stereocenters. The molecular formula is C16H17N3O3. The lowest BCUT2D eigenvalue weighted by Gasteiger charge is -2.16. The lowest BCUT2D eigenvalue weighted by Crippen LogP contribution is -2.24. The summed E-state index contributed by atoms with van der Waals surface area (Å²) in [5.74, 6) is -0.316. The molecular weight excluding hydrogens is 282 g/mol. The number of para-hydroxylation sites is 1. The second-order valence-corrected chi connectivity index (χ2v) is 5.16. The summed E-state index contributed by atoms with van der Waals surface area (Å²) in [5.41, 5.74) is 1.83. The highest BCUT2D eigenvalue weighted by Gasteiger charge is 2.22. The van der Waals surface area contributed by atoms with Gasteiger partial charge in [-0.3, -0.25) is 9.48 Å². The van der Waals surface area contributed by atoms with Crippen molar-refractivity contribution in [2.45, 2.75) is 26.8 Å². The van der Waals surface area contributed by atoms with Crippen LogP contribution in [-0.4, -0.2) is 26.8 Å². The molecule has 0 saturated carbocycles. The Labute approximate surface area is 126 Å². The second-order valence-electron chi connectivity index (χ2n) is 5.16. The molecule has 114 valence electrons. The molecule has 0 aliphatic carbocycles. The largest absolute Gasteiger partial charge is 0.464 e. The molecule has 0 radical (unpaired) electrons. The predicted octanol–water partition coefficient (Wildman–Crippen LogP) is 2.08. The molecule has 0 saturated heterocycles. The van der Waals surface area contributed by atoms with Crippen molar-refractivity contribution in [2.24, 2.45) is 0 Å². The zero-order valence-corrected chi connectivity index (χ0v) is 12.7. The van der Waals surface area contributed by atoms with Gasteiger partial charge >= 0.3 is 5.97 Å². The first-order valence-electron chi connectivity index (χ1n) is 7.21. The SMILES string of the molecule is CCOC(=O)[C@@H](C)n1c2ccccc2c2nc(=O)cc(C)n21. The number of benzene rings is 1. The number of esters is 1. The second kappa shape index (κ2) is 5.29. The summed E-state index contributed by atoms with van der Waals surface area (Å²) in [5, 5.41) is 0.833. The Morgan fingerprint density at radius 2 is 2.09 bits per heavy atom. The van der Waals surface area contributed by atoms with Gasteiger partial charge in [-0.05, 0) is 32.9 Å². The number of aromatic nitrogens is 3. The van der Waals surface area contributed by atoms with E-state index in [-0.39, 0.29) is 11.5 Å². The van der Waals surface area contributed by atoms with E-state index in [0.717, 1.165) is 16.6 Å². The molecule has 0 aliphatic heterocycles. The van der Waals surface area contributed by atoms with Gasteiger partial charge in [0.15, 0.2) is 5.65 Å². The summed E-state index contributed by atoms with van der Waals surface area (Å²) in [7, 11) is 0. The van der Waals surface area contributed by atoms with Crippen molar-refractivity contribution < 1.29 is 9.53 Å². The predicted molar refractivity (Wildman–Crippen MR) is 83.0 cm³/mol. The Morgan fingerprint density at radius 3 is 2.82 bits per heavy atom. The van der Waals surface area contributed by atoms with Crippen LogP contribution in [0.1, 0.15) is 25.6 Å². The van der Waals surface area contributed by atoms with Gasteiger partial charge in [0.1, 0.15) is 6.04 Å². The summed E-state index contributed by atoms with van der Waals surface area (Å²) >= 11 is 0. The van der Waals surface area contributed by atoms with Crippen LogP contribution in [0.25, 0.3) is 16.6 Å². The van der Waals surface area contributed by atoms with E-state index in [2.05, 4.69) is 4.98 Å². The number of fused-ring (bicyclic) bond motifs is 3. The normalized spacial score (nSPS) is 12.7. The minimum atomic E-state index is -0.523. The van der Waals surface area contributed by atoms with E-state index in [1.54, 1.807) is 18.4 Å². The Morgan fingerprint density at radius 1 is 1.36 bits per heavy atom. The highest BCUT2D eigenvalue weighted by Crippen LogP contribution is 2.25. The molecule has 0 bridgehead atoms. The molecule has 2 heterocycles. The maximum atomic E-state index is 12.2. The standard InChI is InChI=1S/C16H17N3O3/c1-4-22-16(21)11(3)19-13-8-6-5-7-12(13)15-17-14(20)9-10(2)18(15)19/h5-9,11H,4H2,1-3H3/t11-/m1/s1. The molecule has 3 rings (SSSR count). The molecule has 3 aromatic rings. The topological polar surface area (TPSA) is 65.6 Å². The molecule has 6 nitrogen and oxygen atoms in total. The number of hydrogen-bond acceptors (Lipinski definition) is 4. The number of hydrogen-bond donors (Lipinski definition) is 0. The van der Waals surface area contributed by atoms with Gasteiger partial charge in [0.2, 0.25) is 0 Å². The first-order valence-corrected chi connectivity index (χ1v) is 7.21. The Kier molecular flexibility index (Phi) is 3.44. The molecule has 0 amide bonds. The van der Waals surface area contributed by atoms with Crippen LogP contribution in [0.5, 0.6) is 0 Å². The van der Waals surface area contributed by atoms with E-state index in [4.69, 9.17) is 4.74 Å². The quantitative estimate of drug-likeness (QED) is 0.695. The lowest BCUT2D eigenvalue weighted by atomic mass is 10.2. The first kappa shape index (κ1) is 14.3. The van der Waals surface area contributed by atoms with Crippen molar-refractivity contribution in [3.8, 4) is 0 Å². The van der Waals surface area contributed by atoms with Gasteiger partial charge in [0.05, 0.1) is 12.1 Å². The van der Waals surface area contributed by atoms with Gasteiger partial charge in [-0.2, -0.15) is 4.98 Å². The maximum absolute atomic E-state index is 12.2. The number of rotatable bonds is 3. The summed E-state index contributed by atoms with van der Waals surface area (Å²) in [6.07, 6.45) is 0. The maximum Gasteiger partial charge on any atom is 0.330 e. The zero-order valence-electron chi connectivity index (χ0n) is 12.7. The molecule has 0 spiro atoms. The van der Waals surface area contributed by atoms with Crippen molar-refractivity contribution in [3.63, 3.8) is 0 Å². The third kappa shape index (κ3) is 2.07. The van der Waals surface area contributed by atoms with Gasteiger partial charge in [-0.1, -0.05) is 12.1 Å². The van der Waals surface area contributed by atoms with Gasteiger partial charge in [0.25, 0.3) is 5.56 Å². The van der Waals surface area contributed by atoms with E-state index < -0.39 is 6.04 Å². The molecule has 22 heavy (non-hydrogen) atoms. The van der Waals surface area contributed by atoms with E-state index in [1.165, 1.54) is 6.07 Å². The van der Waals surface area contributed by atoms with Crippen molar-refractivity contribution in [1.82, 2.24) is 14.2 Å². The van der Waals surface area contributed by atoms with Crippen LogP contribution >= 0.6 is 0 Å². The van der Waals surface area contributed by atoms with Crippen LogP contribution < -0.4 is 5.56 Å². The van der Waals surface area contributed by atoms with Crippen molar-refractivity contribution in [1.29, 1.82) is 0 Å². The number of ether oxygens (including phenoxy) is 1. The van der Waals surface area contributed by atoms with Gasteiger partial charge in [-0.15, -0.1) is 0 Å². The zero-order chi connectivity index (χ0) is 15.9. The van der Waals surface area contributed by atoms with Gasteiger partial charge in [0, 0.05) is 17.1 Å². The Hall–Kier alpha value is -2.63. The minimum absolute atomic E-state index is 0.288. The van der Waals surface area contributed by atoms with E-state index in [9.17, 15) is 9.59 Å². The average molecular weight is 299 g/mol. The van der Waals surface area contributed by atoms with Crippen LogP contribution in [0.15, 0.2) is 35.1 Å². The van der Waals surface area contributed by atoms with E-state index >= 15 is 0 Å². The monoisotopic (exact) mass is 299 g/mol. The molecule has 0 fully saturated rings. The third-order valence-electron chi connectivity index (χ3n) is 3.68. The summed E-state index contributed by atoms with van der Waals surface area (Å²) in [6.45, 7) is 5.71. The summed E-state index contributed by atoms with van der Waals surface area (Å²) in [6, 6.07) is 8.51. The fourth-order valence-corrected chi connectivity index (χ4v) is 2.75. The van der Waals surface area contributed by atoms with Gasteiger partial charge < -0.3 is 4.74 Å². The highest BCUT2D eigenvalue weighted by molar-refractivity contribution is 5.93. The summed E-state index contributed by atoms with van der Waals surface area (Å²) < 4.78 is 8.76. The van der Waals surface area contributed by atoms with Crippen LogP contribution in [0.4, 0.5) is 0 Å². The van der Waals surface area contributed by atoms with E-state index in [1.807, 2.05) is 35.9 Å². The lowest BCUT2D eigenvalue weighted by molar-refractivity contribution is -0.146. The van der Waals surface area contributed by atoms with Gasteiger partial charge in [-0.25, -0.2) is 9.31 Å². The van der Waals surface area contributed by atoms with Crippen LogP contribution in [0.2, 0.25) is 0 Å². The molecule has 1 aromatic carbocycles. The molecule has 0 aliphatic rings. The van der Waals surface area contributed by atoms with Crippen molar-refractivity contribution >= 4 is 22.5 Å². The number of nitrogens with zero attached hydrogens (tertiary/aromatic N) is 3. The number of carbonyl (C=O) groups excluding carboxylic acids is 1. The first-order chi connectivity index (χ1) is 10.5. The smallest absolute Gasteiger partial charge is 0.330 e.